The minimum absolute atomic E-state index is 0.0323. The molecule has 0 spiro atoms. The highest BCUT2D eigenvalue weighted by molar-refractivity contribution is 5.28. The van der Waals surface area contributed by atoms with Crippen molar-refractivity contribution >= 4 is 0 Å². The van der Waals surface area contributed by atoms with Crippen molar-refractivity contribution in [2.24, 2.45) is 0 Å². The van der Waals surface area contributed by atoms with Crippen LogP contribution in [0.4, 0.5) is 4.39 Å². The van der Waals surface area contributed by atoms with Crippen LogP contribution in [-0.4, -0.2) is 12.3 Å². The minimum Gasteiger partial charge on any atom is -0.490 e. The SMILES string of the molecule is CC(C)(F)COc1ccc(CC#N)cc1. The number of hydrogen-bond donors (Lipinski definition) is 0. The van der Waals surface area contributed by atoms with Crippen LogP contribution in [0.15, 0.2) is 24.3 Å². The molecule has 1 rings (SSSR count). The molecule has 0 bridgehead atoms. The third kappa shape index (κ3) is 4.46. The molecule has 0 saturated carbocycles. The molecule has 0 aromatic heterocycles. The average Bonchev–Trinajstić information content (AvgIpc) is 2.16. The average molecular weight is 207 g/mol. The Morgan fingerprint density at radius 3 is 2.40 bits per heavy atom. The highest BCUT2D eigenvalue weighted by atomic mass is 19.1. The largest absolute Gasteiger partial charge is 0.490 e. The summed E-state index contributed by atoms with van der Waals surface area (Å²) < 4.78 is 18.4. The van der Waals surface area contributed by atoms with Gasteiger partial charge < -0.3 is 4.74 Å². The van der Waals surface area contributed by atoms with Crippen molar-refractivity contribution in [1.82, 2.24) is 0 Å². The lowest BCUT2D eigenvalue weighted by Gasteiger charge is -2.15. The van der Waals surface area contributed by atoms with Gasteiger partial charge >= 0.3 is 0 Å². The second kappa shape index (κ2) is 4.79. The quantitative estimate of drug-likeness (QED) is 0.760. The van der Waals surface area contributed by atoms with E-state index in [4.69, 9.17) is 10.00 Å². The van der Waals surface area contributed by atoms with Crippen molar-refractivity contribution in [2.75, 3.05) is 6.61 Å². The van der Waals surface area contributed by atoms with Crippen molar-refractivity contribution in [2.45, 2.75) is 25.9 Å². The predicted octanol–water partition coefficient (Wildman–Crippen LogP) is 2.88. The van der Waals surface area contributed by atoms with E-state index in [0.29, 0.717) is 12.2 Å². The van der Waals surface area contributed by atoms with Gasteiger partial charge in [0.2, 0.25) is 0 Å². The van der Waals surface area contributed by atoms with Crippen LogP contribution in [0, 0.1) is 11.3 Å². The maximum atomic E-state index is 13.1. The first-order valence-electron chi connectivity index (χ1n) is 4.79. The van der Waals surface area contributed by atoms with Gasteiger partial charge in [0.05, 0.1) is 12.5 Å². The monoisotopic (exact) mass is 207 g/mol. The summed E-state index contributed by atoms with van der Waals surface area (Å²) in [6.07, 6.45) is 0.384. The van der Waals surface area contributed by atoms with Crippen LogP contribution < -0.4 is 4.74 Å². The van der Waals surface area contributed by atoms with Crippen LogP contribution in [0.3, 0.4) is 0 Å². The first kappa shape index (κ1) is 11.5. The van der Waals surface area contributed by atoms with Crippen LogP contribution in [0.25, 0.3) is 0 Å². The van der Waals surface area contributed by atoms with Crippen LogP contribution >= 0.6 is 0 Å². The second-order valence-electron chi connectivity index (χ2n) is 3.99. The van der Waals surface area contributed by atoms with Gasteiger partial charge in [-0.05, 0) is 31.5 Å². The van der Waals surface area contributed by atoms with Crippen LogP contribution in [0.5, 0.6) is 5.75 Å². The highest BCUT2D eigenvalue weighted by Crippen LogP contribution is 2.16. The van der Waals surface area contributed by atoms with Gasteiger partial charge in [0.1, 0.15) is 18.0 Å². The van der Waals surface area contributed by atoms with E-state index in [2.05, 4.69) is 6.07 Å². The minimum atomic E-state index is -1.33. The molecule has 0 amide bonds. The Kier molecular flexibility index (Phi) is 3.68. The fourth-order valence-electron chi connectivity index (χ4n) is 1.05. The molecule has 1 aromatic rings. The number of nitrogens with zero attached hydrogens (tertiary/aromatic N) is 1. The first-order valence-corrected chi connectivity index (χ1v) is 4.79. The number of benzene rings is 1. The number of hydrogen-bond acceptors (Lipinski definition) is 2. The Morgan fingerprint density at radius 2 is 1.93 bits per heavy atom. The lowest BCUT2D eigenvalue weighted by Crippen LogP contribution is -2.22. The van der Waals surface area contributed by atoms with E-state index in [1.54, 1.807) is 12.1 Å². The molecule has 1 aromatic carbocycles. The first-order chi connectivity index (χ1) is 7.01. The van der Waals surface area contributed by atoms with E-state index >= 15 is 0 Å². The summed E-state index contributed by atoms with van der Waals surface area (Å²) >= 11 is 0. The third-order valence-electron chi connectivity index (χ3n) is 1.79. The van der Waals surface area contributed by atoms with E-state index in [1.807, 2.05) is 12.1 Å². The van der Waals surface area contributed by atoms with Gasteiger partial charge in [-0.15, -0.1) is 0 Å². The van der Waals surface area contributed by atoms with E-state index in [0.717, 1.165) is 5.56 Å². The van der Waals surface area contributed by atoms with Gasteiger partial charge in [-0.1, -0.05) is 12.1 Å². The molecule has 0 N–H and O–H groups in total. The molecule has 80 valence electrons. The van der Waals surface area contributed by atoms with E-state index in [9.17, 15) is 4.39 Å². The third-order valence-corrected chi connectivity index (χ3v) is 1.79. The lowest BCUT2D eigenvalue weighted by atomic mass is 10.1. The summed E-state index contributed by atoms with van der Waals surface area (Å²) in [6, 6.07) is 9.17. The Bertz CT molecular complexity index is 345. The van der Waals surface area contributed by atoms with E-state index < -0.39 is 5.67 Å². The number of nitriles is 1. The zero-order chi connectivity index (χ0) is 11.3. The molecule has 0 heterocycles. The zero-order valence-corrected chi connectivity index (χ0v) is 8.96. The maximum absolute atomic E-state index is 13.1. The van der Waals surface area contributed by atoms with Gasteiger partial charge in [0, 0.05) is 0 Å². The fourth-order valence-corrected chi connectivity index (χ4v) is 1.05. The molecule has 0 atom stereocenters. The van der Waals surface area contributed by atoms with Crippen molar-refractivity contribution < 1.29 is 9.13 Å². The molecule has 3 heteroatoms. The molecular formula is C12H14FNO. The Labute approximate surface area is 89.3 Å². The van der Waals surface area contributed by atoms with Crippen molar-refractivity contribution in [1.29, 1.82) is 5.26 Å². The standard InChI is InChI=1S/C12H14FNO/c1-12(2,13)9-15-11-5-3-10(4-6-11)7-8-14/h3-6H,7,9H2,1-2H3. The number of rotatable bonds is 4. The summed E-state index contributed by atoms with van der Waals surface area (Å²) in [5.41, 5.74) is -0.393. The molecular weight excluding hydrogens is 193 g/mol. The van der Waals surface area contributed by atoms with E-state index in [-0.39, 0.29) is 6.61 Å². The number of ether oxygens (including phenoxy) is 1. The lowest BCUT2D eigenvalue weighted by molar-refractivity contribution is 0.121. The summed E-state index contributed by atoms with van der Waals surface area (Å²) in [5, 5.41) is 8.47. The predicted molar refractivity (Wildman–Crippen MR) is 56.4 cm³/mol. The van der Waals surface area contributed by atoms with Gasteiger partial charge in [-0.3, -0.25) is 0 Å². The second-order valence-corrected chi connectivity index (χ2v) is 3.99. The molecule has 0 aliphatic rings. The molecule has 0 aliphatic carbocycles. The van der Waals surface area contributed by atoms with Gasteiger partial charge in [-0.2, -0.15) is 5.26 Å². The normalized spacial score (nSPS) is 10.8. The topological polar surface area (TPSA) is 33.0 Å². The summed E-state index contributed by atoms with van der Waals surface area (Å²) in [4.78, 5) is 0. The van der Waals surface area contributed by atoms with Crippen LogP contribution in [0.1, 0.15) is 19.4 Å². The maximum Gasteiger partial charge on any atom is 0.139 e. The van der Waals surface area contributed by atoms with Gasteiger partial charge in [-0.25, -0.2) is 4.39 Å². The Balaban J connectivity index is 2.54. The Hall–Kier alpha value is -1.56. The van der Waals surface area contributed by atoms with Crippen molar-refractivity contribution in [3.63, 3.8) is 0 Å². The Morgan fingerprint density at radius 1 is 1.33 bits per heavy atom. The summed E-state index contributed by atoms with van der Waals surface area (Å²) in [7, 11) is 0. The van der Waals surface area contributed by atoms with Crippen molar-refractivity contribution in [3.8, 4) is 11.8 Å². The van der Waals surface area contributed by atoms with Crippen LogP contribution in [-0.2, 0) is 6.42 Å². The summed E-state index contributed by atoms with van der Waals surface area (Å²) in [6.45, 7) is 2.97. The molecule has 0 saturated heterocycles. The molecule has 0 aliphatic heterocycles. The highest BCUT2D eigenvalue weighted by Gasteiger charge is 2.16. The smallest absolute Gasteiger partial charge is 0.139 e. The molecule has 2 nitrogen and oxygen atoms in total. The molecule has 0 radical (unpaired) electrons. The van der Waals surface area contributed by atoms with E-state index in [1.165, 1.54) is 13.8 Å². The number of alkyl halides is 1. The zero-order valence-electron chi connectivity index (χ0n) is 8.96. The van der Waals surface area contributed by atoms with Crippen molar-refractivity contribution in [3.05, 3.63) is 29.8 Å². The molecule has 0 unspecified atom stereocenters. The molecule has 0 fully saturated rings. The summed E-state index contributed by atoms with van der Waals surface area (Å²) in [5.74, 6) is 0.627. The van der Waals surface area contributed by atoms with Crippen LogP contribution in [0.2, 0.25) is 0 Å². The fraction of sp³-hybridized carbons (Fsp3) is 0.417. The van der Waals surface area contributed by atoms with Gasteiger partial charge in [0.25, 0.3) is 0 Å². The number of halogens is 1. The molecule has 15 heavy (non-hydrogen) atoms. The van der Waals surface area contributed by atoms with Gasteiger partial charge in [0.15, 0.2) is 0 Å².